The molecule has 0 aliphatic carbocycles. The maximum absolute atomic E-state index is 11.5. The molecule has 2 rings (SSSR count). The van der Waals surface area contributed by atoms with Crippen molar-refractivity contribution >= 4 is 22.9 Å². The van der Waals surface area contributed by atoms with Crippen LogP contribution in [0.2, 0.25) is 0 Å². The lowest BCUT2D eigenvalue weighted by atomic mass is 10.1. The van der Waals surface area contributed by atoms with Crippen molar-refractivity contribution in [1.29, 1.82) is 0 Å². The third-order valence-electron chi connectivity index (χ3n) is 2.48. The van der Waals surface area contributed by atoms with E-state index in [1.807, 2.05) is 6.07 Å². The molecule has 5 nitrogen and oxygen atoms in total. The number of hydrogen-bond acceptors (Lipinski definition) is 5. The van der Waals surface area contributed by atoms with E-state index in [1.165, 1.54) is 13.2 Å². The lowest BCUT2D eigenvalue weighted by Gasteiger charge is -2.06. The number of furan rings is 1. The van der Waals surface area contributed by atoms with E-state index < -0.39 is 5.97 Å². The van der Waals surface area contributed by atoms with E-state index in [4.69, 9.17) is 13.9 Å². The zero-order valence-electron chi connectivity index (χ0n) is 10.8. The minimum Gasteiger partial charge on any atom is -0.466 e. The minimum absolute atomic E-state index is 0.128. The second-order valence-corrected chi connectivity index (χ2v) is 4.01. The summed E-state index contributed by atoms with van der Waals surface area (Å²) in [6, 6.07) is 5.17. The van der Waals surface area contributed by atoms with Gasteiger partial charge in [-0.3, -0.25) is 9.59 Å². The lowest BCUT2D eigenvalue weighted by Crippen LogP contribution is -2.08. The SMILES string of the molecule is CCOC(=O)Cc1cc(OC(C)=O)c2occc2c1. The Morgan fingerprint density at radius 2 is 2.11 bits per heavy atom. The van der Waals surface area contributed by atoms with Crippen molar-refractivity contribution in [3.05, 3.63) is 30.0 Å². The maximum Gasteiger partial charge on any atom is 0.310 e. The Morgan fingerprint density at radius 3 is 2.79 bits per heavy atom. The van der Waals surface area contributed by atoms with Crippen LogP contribution in [0.15, 0.2) is 28.9 Å². The van der Waals surface area contributed by atoms with Crippen LogP contribution in [0, 0.1) is 0 Å². The average molecular weight is 262 g/mol. The van der Waals surface area contributed by atoms with Gasteiger partial charge in [-0.05, 0) is 30.7 Å². The normalized spacial score (nSPS) is 10.4. The summed E-state index contributed by atoms with van der Waals surface area (Å²) in [5, 5.41) is 0.776. The van der Waals surface area contributed by atoms with Crippen molar-refractivity contribution in [2.75, 3.05) is 6.61 Å². The molecule has 19 heavy (non-hydrogen) atoms. The molecule has 1 aromatic carbocycles. The molecule has 0 aliphatic heterocycles. The van der Waals surface area contributed by atoms with Crippen LogP contribution in [0.25, 0.3) is 11.0 Å². The molecular formula is C14H14O5. The summed E-state index contributed by atoms with van der Waals surface area (Å²) in [6.45, 7) is 3.40. The van der Waals surface area contributed by atoms with Crippen LogP contribution >= 0.6 is 0 Å². The molecule has 0 amide bonds. The molecule has 2 aromatic rings. The first-order chi connectivity index (χ1) is 9.10. The molecule has 0 aliphatic rings. The molecule has 0 atom stereocenters. The average Bonchev–Trinajstić information content (AvgIpc) is 2.76. The third kappa shape index (κ3) is 3.13. The second kappa shape index (κ2) is 5.56. The van der Waals surface area contributed by atoms with Crippen molar-refractivity contribution in [2.45, 2.75) is 20.3 Å². The van der Waals surface area contributed by atoms with Gasteiger partial charge in [-0.15, -0.1) is 0 Å². The number of rotatable bonds is 4. The Bertz CT molecular complexity index is 611. The van der Waals surface area contributed by atoms with Gasteiger partial charge >= 0.3 is 11.9 Å². The number of fused-ring (bicyclic) bond motifs is 1. The van der Waals surface area contributed by atoms with E-state index in [1.54, 1.807) is 19.1 Å². The fraction of sp³-hybridized carbons (Fsp3) is 0.286. The summed E-state index contributed by atoms with van der Waals surface area (Å²) in [5.74, 6) is -0.445. The standard InChI is InChI=1S/C14H14O5/c1-3-17-13(16)8-10-6-11-4-5-18-14(11)12(7-10)19-9(2)15/h4-7H,3,8H2,1-2H3. The molecule has 0 N–H and O–H groups in total. The molecular weight excluding hydrogens is 248 g/mol. The van der Waals surface area contributed by atoms with Gasteiger partial charge in [-0.2, -0.15) is 0 Å². The Labute approximate surface area is 110 Å². The first-order valence-electron chi connectivity index (χ1n) is 5.94. The van der Waals surface area contributed by atoms with Crippen LogP contribution in [0.1, 0.15) is 19.4 Å². The zero-order valence-corrected chi connectivity index (χ0v) is 10.8. The number of carbonyl (C=O) groups excluding carboxylic acids is 2. The molecule has 0 saturated heterocycles. The largest absolute Gasteiger partial charge is 0.466 e. The highest BCUT2D eigenvalue weighted by molar-refractivity contribution is 5.87. The van der Waals surface area contributed by atoms with Gasteiger partial charge in [0.25, 0.3) is 0 Å². The summed E-state index contributed by atoms with van der Waals surface area (Å²) in [6.07, 6.45) is 1.63. The summed E-state index contributed by atoms with van der Waals surface area (Å²) < 4.78 is 15.2. The van der Waals surface area contributed by atoms with Crippen LogP contribution in [0.3, 0.4) is 0 Å². The zero-order chi connectivity index (χ0) is 13.8. The van der Waals surface area contributed by atoms with Gasteiger partial charge in [0.05, 0.1) is 19.3 Å². The van der Waals surface area contributed by atoms with Crippen molar-refractivity contribution in [3.63, 3.8) is 0 Å². The minimum atomic E-state index is -0.439. The number of hydrogen-bond donors (Lipinski definition) is 0. The van der Waals surface area contributed by atoms with Crippen LogP contribution in [0.4, 0.5) is 0 Å². The van der Waals surface area contributed by atoms with Crippen LogP contribution in [-0.4, -0.2) is 18.5 Å². The Kier molecular flexibility index (Phi) is 3.85. The van der Waals surface area contributed by atoms with Gasteiger partial charge in [0.2, 0.25) is 0 Å². The van der Waals surface area contributed by atoms with E-state index in [0.717, 1.165) is 5.39 Å². The van der Waals surface area contributed by atoms with E-state index in [9.17, 15) is 9.59 Å². The van der Waals surface area contributed by atoms with Crippen molar-refractivity contribution in [1.82, 2.24) is 0 Å². The topological polar surface area (TPSA) is 65.7 Å². The van der Waals surface area contributed by atoms with E-state index in [0.29, 0.717) is 23.5 Å². The molecule has 0 fully saturated rings. The van der Waals surface area contributed by atoms with Crippen LogP contribution in [-0.2, 0) is 20.7 Å². The maximum atomic E-state index is 11.5. The quantitative estimate of drug-likeness (QED) is 0.625. The highest BCUT2D eigenvalue weighted by atomic mass is 16.5. The third-order valence-corrected chi connectivity index (χ3v) is 2.48. The monoisotopic (exact) mass is 262 g/mol. The van der Waals surface area contributed by atoms with Crippen LogP contribution < -0.4 is 4.74 Å². The van der Waals surface area contributed by atoms with Gasteiger partial charge in [-0.25, -0.2) is 0 Å². The second-order valence-electron chi connectivity index (χ2n) is 4.01. The van der Waals surface area contributed by atoms with Gasteiger partial charge in [-0.1, -0.05) is 0 Å². The highest BCUT2D eigenvalue weighted by Crippen LogP contribution is 2.29. The molecule has 1 heterocycles. The Hall–Kier alpha value is -2.30. The number of benzene rings is 1. The molecule has 5 heteroatoms. The first kappa shape index (κ1) is 13.1. The molecule has 0 bridgehead atoms. The van der Waals surface area contributed by atoms with E-state index in [-0.39, 0.29) is 12.4 Å². The number of esters is 2. The van der Waals surface area contributed by atoms with E-state index >= 15 is 0 Å². The smallest absolute Gasteiger partial charge is 0.310 e. The summed E-state index contributed by atoms with van der Waals surface area (Å²) in [4.78, 5) is 22.5. The van der Waals surface area contributed by atoms with Gasteiger partial charge in [0, 0.05) is 12.3 Å². The predicted octanol–water partition coefficient (Wildman–Crippen LogP) is 2.46. The molecule has 0 unspecified atom stereocenters. The van der Waals surface area contributed by atoms with Gasteiger partial charge in [0.1, 0.15) is 0 Å². The fourth-order valence-corrected chi connectivity index (χ4v) is 1.82. The van der Waals surface area contributed by atoms with Gasteiger partial charge < -0.3 is 13.9 Å². The Morgan fingerprint density at radius 1 is 1.32 bits per heavy atom. The molecule has 1 aromatic heterocycles. The van der Waals surface area contributed by atoms with Crippen LogP contribution in [0.5, 0.6) is 5.75 Å². The molecule has 0 radical (unpaired) electrons. The van der Waals surface area contributed by atoms with Crippen molar-refractivity contribution in [2.24, 2.45) is 0 Å². The van der Waals surface area contributed by atoms with E-state index in [2.05, 4.69) is 0 Å². The molecule has 100 valence electrons. The van der Waals surface area contributed by atoms with Crippen molar-refractivity contribution < 1.29 is 23.5 Å². The number of carbonyl (C=O) groups is 2. The first-order valence-corrected chi connectivity index (χ1v) is 5.94. The predicted molar refractivity (Wildman–Crippen MR) is 67.9 cm³/mol. The summed E-state index contributed by atoms with van der Waals surface area (Å²) in [5.41, 5.74) is 1.20. The summed E-state index contributed by atoms with van der Waals surface area (Å²) >= 11 is 0. The Balaban J connectivity index is 2.34. The molecule has 0 spiro atoms. The van der Waals surface area contributed by atoms with Gasteiger partial charge in [0.15, 0.2) is 11.3 Å². The van der Waals surface area contributed by atoms with Crippen molar-refractivity contribution in [3.8, 4) is 5.75 Å². The summed E-state index contributed by atoms with van der Waals surface area (Å²) in [7, 11) is 0. The fourth-order valence-electron chi connectivity index (χ4n) is 1.82. The lowest BCUT2D eigenvalue weighted by molar-refractivity contribution is -0.142. The molecule has 0 saturated carbocycles. The highest BCUT2D eigenvalue weighted by Gasteiger charge is 2.13. The number of ether oxygens (including phenoxy) is 2.